The lowest BCUT2D eigenvalue weighted by Crippen LogP contribution is -2.31. The Morgan fingerprint density at radius 1 is 0.772 bits per heavy atom. The first-order valence-corrected chi connectivity index (χ1v) is 21.0. The van der Waals surface area contributed by atoms with Gasteiger partial charge >= 0.3 is 12.1 Å². The number of rotatable bonds is 9. The molecule has 4 N–H and O–H groups in total. The van der Waals surface area contributed by atoms with Crippen molar-refractivity contribution in [2.75, 3.05) is 61.2 Å². The molecule has 0 bridgehead atoms. The Hall–Kier alpha value is -4.36. The van der Waals surface area contributed by atoms with Crippen LogP contribution in [0.2, 0.25) is 0 Å². The smallest absolute Gasteiger partial charge is 0.326 e. The summed E-state index contributed by atoms with van der Waals surface area (Å²) < 4.78 is 8.13. The molecule has 300 valence electrons. The third-order valence-electron chi connectivity index (χ3n) is 7.71. The second-order valence-corrected chi connectivity index (χ2v) is 15.4. The minimum absolute atomic E-state index is 0.0126. The minimum atomic E-state index is -0.0781. The minimum Gasteiger partial charge on any atom is -0.497 e. The summed E-state index contributed by atoms with van der Waals surface area (Å²) in [5.41, 5.74) is 7.14. The van der Waals surface area contributed by atoms with Crippen LogP contribution in [0.15, 0.2) is 115 Å². The van der Waals surface area contributed by atoms with Gasteiger partial charge in [-0.25, -0.2) is 29.5 Å². The molecule has 0 atom stereocenters. The van der Waals surface area contributed by atoms with Crippen molar-refractivity contribution < 1.29 is 19.1 Å². The van der Waals surface area contributed by atoms with E-state index in [1.54, 1.807) is 23.0 Å². The summed E-state index contributed by atoms with van der Waals surface area (Å²) in [7, 11) is 1.64. The summed E-state index contributed by atoms with van der Waals surface area (Å²) in [5, 5.41) is 5.39. The number of hydrogen-bond donors (Lipinski definition) is 3. The van der Waals surface area contributed by atoms with Crippen LogP contribution < -0.4 is 30.9 Å². The highest BCUT2D eigenvalue weighted by molar-refractivity contribution is 9.11. The highest BCUT2D eigenvalue weighted by atomic mass is 79.9. The molecule has 2 saturated heterocycles. The molecular formula is C38H39Br4ClN10O4. The van der Waals surface area contributed by atoms with E-state index in [0.29, 0.717) is 62.6 Å². The number of aromatic nitrogens is 4. The van der Waals surface area contributed by atoms with Gasteiger partial charge < -0.3 is 26.0 Å². The number of ether oxygens (including phenoxy) is 1. The zero-order chi connectivity index (χ0) is 41.2. The Bertz CT molecular complexity index is 2070. The van der Waals surface area contributed by atoms with E-state index >= 15 is 0 Å². The van der Waals surface area contributed by atoms with Crippen LogP contribution >= 0.6 is 75.3 Å². The van der Waals surface area contributed by atoms with E-state index in [1.807, 2.05) is 95.9 Å². The number of urea groups is 2. The number of pyridine rings is 4. The molecule has 1 aromatic carbocycles. The van der Waals surface area contributed by atoms with Gasteiger partial charge in [0.2, 0.25) is 5.91 Å². The lowest BCUT2D eigenvalue weighted by Gasteiger charge is -2.18. The van der Waals surface area contributed by atoms with E-state index in [4.69, 9.17) is 22.1 Å². The Morgan fingerprint density at radius 3 is 1.86 bits per heavy atom. The topological polar surface area (TPSA) is 172 Å². The number of alkyl halides is 1. The maximum Gasteiger partial charge on any atom is 0.326 e. The van der Waals surface area contributed by atoms with E-state index < -0.39 is 0 Å². The number of nitrogens with two attached hydrogens (primary N) is 1. The van der Waals surface area contributed by atoms with Crippen molar-refractivity contribution >= 4 is 111 Å². The van der Waals surface area contributed by atoms with Gasteiger partial charge in [-0.1, -0.05) is 36.4 Å². The lowest BCUT2D eigenvalue weighted by atomic mass is 10.2. The monoisotopic (exact) mass is 1050 g/mol. The predicted molar refractivity (Wildman–Crippen MR) is 236 cm³/mol. The Labute approximate surface area is 369 Å². The number of nitrogen functional groups attached to an aromatic ring is 1. The number of nitrogens with one attached hydrogen (secondary N) is 2. The zero-order valence-corrected chi connectivity index (χ0v) is 37.7. The molecule has 7 rings (SSSR count). The molecule has 6 heterocycles. The van der Waals surface area contributed by atoms with E-state index in [0.717, 1.165) is 35.4 Å². The van der Waals surface area contributed by atoms with Crippen LogP contribution in [0.4, 0.5) is 27.0 Å². The van der Waals surface area contributed by atoms with Crippen molar-refractivity contribution in [2.24, 2.45) is 0 Å². The predicted octanol–water partition coefficient (Wildman–Crippen LogP) is 7.84. The largest absolute Gasteiger partial charge is 0.497 e. The van der Waals surface area contributed by atoms with E-state index in [9.17, 15) is 14.4 Å². The van der Waals surface area contributed by atoms with Gasteiger partial charge in [-0.3, -0.25) is 14.6 Å². The molecule has 5 aromatic rings. The number of benzene rings is 1. The van der Waals surface area contributed by atoms with Crippen LogP contribution in [0.25, 0.3) is 0 Å². The SMILES string of the molecule is COc1ccc(CN2CCN(c3cccc(Br)n3)C2=O)cc1.Nc1cccc(Br)n1.O=C(Cc1cccc(Br)n1)NCCCl.O=C1NCCN1c1cccc(Br)n1. The number of halogens is 5. The molecule has 5 amide bonds. The second-order valence-electron chi connectivity index (χ2n) is 11.8. The first-order valence-electron chi connectivity index (χ1n) is 17.3. The van der Waals surface area contributed by atoms with Gasteiger partial charge in [-0.2, -0.15) is 0 Å². The molecule has 14 nitrogen and oxygen atoms in total. The van der Waals surface area contributed by atoms with E-state index in [1.165, 1.54) is 0 Å². The van der Waals surface area contributed by atoms with Crippen LogP contribution in [0.3, 0.4) is 0 Å². The molecular weight excluding hydrogens is 1020 g/mol. The van der Waals surface area contributed by atoms with Gasteiger partial charge in [0.25, 0.3) is 0 Å². The van der Waals surface area contributed by atoms with Gasteiger partial charge in [-0.05, 0) is 130 Å². The third kappa shape index (κ3) is 15.5. The number of nitrogens with zero attached hydrogens (tertiary/aromatic N) is 7. The average molecular weight is 1050 g/mol. The maximum atomic E-state index is 12.5. The molecule has 0 radical (unpaired) electrons. The summed E-state index contributed by atoms with van der Waals surface area (Å²) in [6.45, 7) is 3.80. The van der Waals surface area contributed by atoms with Crippen LogP contribution in [0, 0.1) is 0 Å². The molecule has 57 heavy (non-hydrogen) atoms. The van der Waals surface area contributed by atoms with Crippen molar-refractivity contribution in [3.05, 3.63) is 127 Å². The number of carbonyl (C=O) groups is 3. The summed E-state index contributed by atoms with van der Waals surface area (Å²) in [6, 6.07) is 29.6. The number of amides is 5. The average Bonchev–Trinajstić information content (AvgIpc) is 3.79. The van der Waals surface area contributed by atoms with Gasteiger partial charge in [0.15, 0.2) is 0 Å². The van der Waals surface area contributed by atoms with Crippen LogP contribution in [0.1, 0.15) is 11.3 Å². The quantitative estimate of drug-likeness (QED) is 0.0983. The molecule has 0 aliphatic carbocycles. The summed E-state index contributed by atoms with van der Waals surface area (Å²) in [5.74, 6) is 3.09. The first-order chi connectivity index (χ1) is 27.4. The number of carbonyl (C=O) groups excluding carboxylic acids is 3. The van der Waals surface area contributed by atoms with Crippen LogP contribution in [0.5, 0.6) is 5.75 Å². The van der Waals surface area contributed by atoms with Gasteiger partial charge in [0, 0.05) is 45.1 Å². The molecule has 2 aliphatic rings. The zero-order valence-electron chi connectivity index (χ0n) is 30.6. The highest BCUT2D eigenvalue weighted by Crippen LogP contribution is 2.22. The Morgan fingerprint density at radius 2 is 1.35 bits per heavy atom. The second kappa shape index (κ2) is 23.8. The summed E-state index contributed by atoms with van der Waals surface area (Å²) >= 11 is 18.4. The third-order valence-corrected chi connectivity index (χ3v) is 9.66. The summed E-state index contributed by atoms with van der Waals surface area (Å²) in [4.78, 5) is 56.7. The van der Waals surface area contributed by atoms with Crippen molar-refractivity contribution in [3.8, 4) is 5.75 Å². The molecule has 2 fully saturated rings. The van der Waals surface area contributed by atoms with Crippen molar-refractivity contribution in [1.29, 1.82) is 0 Å². The Kier molecular flexibility index (Phi) is 18.9. The lowest BCUT2D eigenvalue weighted by molar-refractivity contribution is -0.120. The van der Waals surface area contributed by atoms with Crippen LogP contribution in [-0.4, -0.2) is 88.5 Å². The highest BCUT2D eigenvalue weighted by Gasteiger charge is 2.30. The van der Waals surface area contributed by atoms with Crippen LogP contribution in [-0.2, 0) is 17.8 Å². The van der Waals surface area contributed by atoms with E-state index in [-0.39, 0.29) is 24.4 Å². The maximum absolute atomic E-state index is 12.5. The normalized spacial score (nSPS) is 13.0. The van der Waals surface area contributed by atoms with Crippen molar-refractivity contribution in [3.63, 3.8) is 0 Å². The van der Waals surface area contributed by atoms with E-state index in [2.05, 4.69) is 94.3 Å². The van der Waals surface area contributed by atoms with Gasteiger partial charge in [0.1, 0.15) is 41.6 Å². The molecule has 0 unspecified atom stereocenters. The number of anilines is 3. The molecule has 0 saturated carbocycles. The van der Waals surface area contributed by atoms with Crippen molar-refractivity contribution in [2.45, 2.75) is 13.0 Å². The molecule has 2 aliphatic heterocycles. The van der Waals surface area contributed by atoms with Gasteiger partial charge in [-0.15, -0.1) is 11.6 Å². The standard InChI is InChI=1S/C16H16BrN3O2.C9H10BrClN2O.C8H8BrN3O.C5H5BrN2/c1-22-13-7-5-12(6-8-13)11-19-9-10-20(16(19)21)15-4-2-3-14(17)18-15;10-8-3-1-2-7(13-8)6-9(14)12-5-4-11;9-6-2-1-3-7(11-6)12-5-4-10-8(12)13;6-4-2-1-3-5(7)8-4/h2-8H,9-11H2,1H3;1-3H,4-6H2,(H,12,14);1-3H,4-5H2,(H,10,13);1-3H,(H2,7,8). The number of hydrogen-bond acceptors (Lipinski definition) is 9. The fourth-order valence-corrected chi connectivity index (χ4v) is 6.57. The molecule has 19 heteroatoms. The fraction of sp³-hybridized carbons (Fsp3) is 0.237. The first kappa shape index (κ1) is 45.3. The van der Waals surface area contributed by atoms with Crippen molar-refractivity contribution in [1.82, 2.24) is 35.5 Å². The molecule has 0 spiro atoms. The molecule has 4 aromatic heterocycles. The fourth-order valence-electron chi connectivity index (χ4n) is 5.07. The van der Waals surface area contributed by atoms with Gasteiger partial charge in [0.05, 0.1) is 19.2 Å². The summed E-state index contributed by atoms with van der Waals surface area (Å²) in [6.07, 6.45) is 0.288. The number of methoxy groups -OCH3 is 1. The Balaban J connectivity index is 0.000000179.